The number of unbranched alkanes of at least 4 members (excludes halogenated alkanes) is 2. The SMILES string of the molecule is CCCCCn1c2c(cc(CNCC(C)C)c1=O)CCC2. The molecular formula is C18H30N2O. The summed E-state index contributed by atoms with van der Waals surface area (Å²) in [4.78, 5) is 12.7. The van der Waals surface area contributed by atoms with Crippen LogP contribution in [0.4, 0.5) is 0 Å². The summed E-state index contributed by atoms with van der Waals surface area (Å²) in [5, 5.41) is 3.41. The van der Waals surface area contributed by atoms with Crippen LogP contribution in [0.3, 0.4) is 0 Å². The van der Waals surface area contributed by atoms with E-state index in [2.05, 4.69) is 36.7 Å². The number of aromatic nitrogens is 1. The molecule has 0 spiro atoms. The van der Waals surface area contributed by atoms with Crippen LogP contribution in [0.2, 0.25) is 0 Å². The number of nitrogens with zero attached hydrogens (tertiary/aromatic N) is 1. The van der Waals surface area contributed by atoms with Crippen LogP contribution in [0.15, 0.2) is 10.9 Å². The highest BCUT2D eigenvalue weighted by Crippen LogP contribution is 2.21. The molecule has 1 aromatic heterocycles. The molecular weight excluding hydrogens is 260 g/mol. The van der Waals surface area contributed by atoms with Crippen molar-refractivity contribution in [2.45, 2.75) is 72.4 Å². The van der Waals surface area contributed by atoms with Gasteiger partial charge in [0.2, 0.25) is 0 Å². The summed E-state index contributed by atoms with van der Waals surface area (Å²) in [5.41, 5.74) is 3.91. The molecule has 3 nitrogen and oxygen atoms in total. The van der Waals surface area contributed by atoms with Crippen LogP contribution in [-0.4, -0.2) is 11.1 Å². The van der Waals surface area contributed by atoms with E-state index in [1.165, 1.54) is 30.5 Å². The van der Waals surface area contributed by atoms with Crippen LogP contribution in [-0.2, 0) is 25.9 Å². The van der Waals surface area contributed by atoms with Crippen molar-refractivity contribution in [2.75, 3.05) is 6.54 Å². The van der Waals surface area contributed by atoms with Crippen molar-refractivity contribution < 1.29 is 0 Å². The van der Waals surface area contributed by atoms with Crippen molar-refractivity contribution >= 4 is 0 Å². The second kappa shape index (κ2) is 7.79. The highest BCUT2D eigenvalue weighted by atomic mass is 16.1. The summed E-state index contributed by atoms with van der Waals surface area (Å²) in [6.45, 7) is 9.16. The molecule has 0 fully saturated rings. The minimum Gasteiger partial charge on any atom is -0.312 e. The van der Waals surface area contributed by atoms with E-state index in [4.69, 9.17) is 0 Å². The molecule has 0 radical (unpaired) electrons. The van der Waals surface area contributed by atoms with Crippen molar-refractivity contribution in [1.82, 2.24) is 9.88 Å². The van der Waals surface area contributed by atoms with Crippen LogP contribution in [0, 0.1) is 5.92 Å². The normalized spacial score (nSPS) is 13.9. The quantitative estimate of drug-likeness (QED) is 0.746. The van der Waals surface area contributed by atoms with Crippen molar-refractivity contribution in [2.24, 2.45) is 5.92 Å². The van der Waals surface area contributed by atoms with E-state index in [9.17, 15) is 4.79 Å². The Balaban J connectivity index is 2.17. The molecule has 1 aliphatic rings. The zero-order chi connectivity index (χ0) is 15.2. The Morgan fingerprint density at radius 3 is 2.81 bits per heavy atom. The summed E-state index contributed by atoms with van der Waals surface area (Å²) in [6, 6.07) is 2.16. The van der Waals surface area contributed by atoms with Gasteiger partial charge in [-0.05, 0) is 49.8 Å². The zero-order valence-corrected chi connectivity index (χ0v) is 13.9. The van der Waals surface area contributed by atoms with Gasteiger partial charge in [-0.1, -0.05) is 33.6 Å². The number of hydrogen-bond donors (Lipinski definition) is 1. The van der Waals surface area contributed by atoms with Gasteiger partial charge in [0.1, 0.15) is 0 Å². The molecule has 0 aromatic carbocycles. The van der Waals surface area contributed by atoms with Gasteiger partial charge in [0, 0.05) is 24.3 Å². The molecule has 0 atom stereocenters. The van der Waals surface area contributed by atoms with Gasteiger partial charge in [-0.25, -0.2) is 0 Å². The summed E-state index contributed by atoms with van der Waals surface area (Å²) < 4.78 is 2.07. The Labute approximate surface area is 128 Å². The smallest absolute Gasteiger partial charge is 0.255 e. The summed E-state index contributed by atoms with van der Waals surface area (Å²) in [6.07, 6.45) is 6.94. The number of pyridine rings is 1. The molecule has 0 amide bonds. The Morgan fingerprint density at radius 2 is 2.10 bits per heavy atom. The molecule has 2 rings (SSSR count). The predicted octanol–water partition coefficient (Wildman–Crippen LogP) is 3.27. The van der Waals surface area contributed by atoms with Crippen LogP contribution in [0.5, 0.6) is 0 Å². The predicted molar refractivity (Wildman–Crippen MR) is 88.8 cm³/mol. The topological polar surface area (TPSA) is 34.0 Å². The van der Waals surface area contributed by atoms with E-state index in [0.29, 0.717) is 12.5 Å². The van der Waals surface area contributed by atoms with E-state index in [0.717, 1.165) is 37.9 Å². The summed E-state index contributed by atoms with van der Waals surface area (Å²) >= 11 is 0. The molecule has 21 heavy (non-hydrogen) atoms. The third-order valence-corrected chi connectivity index (χ3v) is 4.28. The third-order valence-electron chi connectivity index (χ3n) is 4.28. The number of fused-ring (bicyclic) bond motifs is 1. The zero-order valence-electron chi connectivity index (χ0n) is 13.9. The lowest BCUT2D eigenvalue weighted by molar-refractivity contribution is 0.538. The van der Waals surface area contributed by atoms with Gasteiger partial charge in [0.25, 0.3) is 5.56 Å². The monoisotopic (exact) mass is 290 g/mol. The van der Waals surface area contributed by atoms with E-state index in [-0.39, 0.29) is 5.56 Å². The standard InChI is InChI=1S/C18H30N2O/c1-4-5-6-10-20-17-9-7-8-15(17)11-16(18(20)21)13-19-12-14(2)3/h11,14,19H,4-10,12-13H2,1-3H3. The number of rotatable bonds is 8. The van der Waals surface area contributed by atoms with Crippen molar-refractivity contribution in [3.63, 3.8) is 0 Å². The second-order valence-corrected chi connectivity index (χ2v) is 6.68. The lowest BCUT2D eigenvalue weighted by atomic mass is 10.1. The largest absolute Gasteiger partial charge is 0.312 e. The maximum Gasteiger partial charge on any atom is 0.255 e. The van der Waals surface area contributed by atoms with Gasteiger partial charge < -0.3 is 9.88 Å². The second-order valence-electron chi connectivity index (χ2n) is 6.68. The highest BCUT2D eigenvalue weighted by molar-refractivity contribution is 5.30. The fourth-order valence-corrected chi connectivity index (χ4v) is 3.16. The molecule has 1 heterocycles. The fraction of sp³-hybridized carbons (Fsp3) is 0.722. The van der Waals surface area contributed by atoms with Crippen LogP contribution < -0.4 is 10.9 Å². The molecule has 0 bridgehead atoms. The summed E-state index contributed by atoms with van der Waals surface area (Å²) in [7, 11) is 0. The Kier molecular flexibility index (Phi) is 6.04. The van der Waals surface area contributed by atoms with E-state index < -0.39 is 0 Å². The fourth-order valence-electron chi connectivity index (χ4n) is 3.16. The van der Waals surface area contributed by atoms with Gasteiger partial charge in [0.05, 0.1) is 0 Å². The number of nitrogens with one attached hydrogen (secondary N) is 1. The minimum atomic E-state index is 0.239. The van der Waals surface area contributed by atoms with Gasteiger partial charge >= 0.3 is 0 Å². The first-order valence-electron chi connectivity index (χ1n) is 8.58. The maximum absolute atomic E-state index is 12.7. The first-order chi connectivity index (χ1) is 10.1. The van der Waals surface area contributed by atoms with Crippen LogP contribution >= 0.6 is 0 Å². The number of hydrogen-bond acceptors (Lipinski definition) is 2. The van der Waals surface area contributed by atoms with Crippen molar-refractivity contribution in [3.8, 4) is 0 Å². The van der Waals surface area contributed by atoms with Gasteiger partial charge in [-0.2, -0.15) is 0 Å². The van der Waals surface area contributed by atoms with E-state index in [1.807, 2.05) is 0 Å². The average Bonchev–Trinajstić information content (AvgIpc) is 2.90. The van der Waals surface area contributed by atoms with Crippen molar-refractivity contribution in [1.29, 1.82) is 0 Å². The van der Waals surface area contributed by atoms with Crippen LogP contribution in [0.1, 0.15) is 63.3 Å². The Bertz CT molecular complexity index is 517. The Hall–Kier alpha value is -1.09. The van der Waals surface area contributed by atoms with Gasteiger partial charge in [-0.3, -0.25) is 4.79 Å². The van der Waals surface area contributed by atoms with Gasteiger partial charge in [0.15, 0.2) is 0 Å². The lowest BCUT2D eigenvalue weighted by Crippen LogP contribution is -2.30. The van der Waals surface area contributed by atoms with Crippen molar-refractivity contribution in [3.05, 3.63) is 33.2 Å². The number of aryl methyl sites for hydroxylation is 1. The van der Waals surface area contributed by atoms with E-state index >= 15 is 0 Å². The molecule has 1 N–H and O–H groups in total. The first-order valence-corrected chi connectivity index (χ1v) is 8.58. The maximum atomic E-state index is 12.7. The third kappa shape index (κ3) is 4.19. The van der Waals surface area contributed by atoms with E-state index in [1.54, 1.807) is 0 Å². The molecule has 118 valence electrons. The van der Waals surface area contributed by atoms with Gasteiger partial charge in [-0.15, -0.1) is 0 Å². The molecule has 0 aliphatic heterocycles. The lowest BCUT2D eigenvalue weighted by Gasteiger charge is -2.15. The molecule has 0 unspecified atom stereocenters. The molecule has 1 aromatic rings. The van der Waals surface area contributed by atoms with Crippen LogP contribution in [0.25, 0.3) is 0 Å². The molecule has 0 saturated heterocycles. The molecule has 3 heteroatoms. The summed E-state index contributed by atoms with van der Waals surface area (Å²) in [5.74, 6) is 0.617. The Morgan fingerprint density at radius 1 is 1.29 bits per heavy atom. The average molecular weight is 290 g/mol. The molecule has 1 aliphatic carbocycles. The molecule has 0 saturated carbocycles. The highest BCUT2D eigenvalue weighted by Gasteiger charge is 2.18. The minimum absolute atomic E-state index is 0.239. The first kappa shape index (κ1) is 16.3.